The minimum atomic E-state index is -0.00440. The number of nitrogens with zero attached hydrogens (tertiary/aromatic N) is 2. The van der Waals surface area contributed by atoms with E-state index in [1.807, 2.05) is 6.07 Å². The highest BCUT2D eigenvalue weighted by atomic mass is 16.1. The quantitative estimate of drug-likeness (QED) is 0.773. The number of nitrogens with one attached hydrogen (secondary N) is 1. The van der Waals surface area contributed by atoms with E-state index in [1.54, 1.807) is 0 Å². The molecule has 1 N–H and O–H groups in total. The summed E-state index contributed by atoms with van der Waals surface area (Å²) in [7, 11) is 0. The summed E-state index contributed by atoms with van der Waals surface area (Å²) < 4.78 is 0. The van der Waals surface area contributed by atoms with Crippen LogP contribution in [0.1, 0.15) is 52.5 Å². The van der Waals surface area contributed by atoms with Gasteiger partial charge in [-0.05, 0) is 37.8 Å². The molecule has 1 aliphatic rings. The number of rotatable bonds is 8. The molecule has 0 bridgehead atoms. The predicted octanol–water partition coefficient (Wildman–Crippen LogP) is 3.35. The van der Waals surface area contributed by atoms with E-state index >= 15 is 0 Å². The summed E-state index contributed by atoms with van der Waals surface area (Å²) in [5.74, 6) is 0.874. The maximum Gasteiger partial charge on any atom is 0.220 e. The van der Waals surface area contributed by atoms with Crippen molar-refractivity contribution in [3.8, 4) is 0 Å². The second-order valence-electron chi connectivity index (χ2n) is 8.48. The Balaban J connectivity index is 1.86. The molecule has 0 radical (unpaired) electrons. The fourth-order valence-corrected chi connectivity index (χ4v) is 3.81. The number of amides is 1. The molecule has 0 aliphatic carbocycles. The molecule has 1 amide bonds. The van der Waals surface area contributed by atoms with Gasteiger partial charge in [0, 0.05) is 44.7 Å². The second-order valence-corrected chi connectivity index (χ2v) is 8.48. The Morgan fingerprint density at radius 1 is 1.12 bits per heavy atom. The summed E-state index contributed by atoms with van der Waals surface area (Å²) in [6.07, 6.45) is 0.557. The van der Waals surface area contributed by atoms with Gasteiger partial charge >= 0.3 is 0 Å². The van der Waals surface area contributed by atoms with Gasteiger partial charge in [-0.2, -0.15) is 0 Å². The van der Waals surface area contributed by atoms with E-state index < -0.39 is 0 Å². The highest BCUT2D eigenvalue weighted by Crippen LogP contribution is 2.27. The Morgan fingerprint density at radius 3 is 2.27 bits per heavy atom. The Kier molecular flexibility index (Phi) is 7.66. The molecule has 26 heavy (non-hydrogen) atoms. The van der Waals surface area contributed by atoms with Crippen LogP contribution in [-0.4, -0.2) is 60.5 Å². The number of carbonyl (C=O) groups is 1. The number of likely N-dealkylation sites (N-methyl/N-ethyl adjacent to an activating group) is 1. The Labute approximate surface area is 159 Å². The molecule has 1 aliphatic heterocycles. The topological polar surface area (TPSA) is 35.6 Å². The van der Waals surface area contributed by atoms with E-state index in [9.17, 15) is 4.79 Å². The largest absolute Gasteiger partial charge is 0.354 e. The molecule has 1 aromatic carbocycles. The SMILES string of the molecule is CCN1CCN(C(C)(C)CNC(=O)CC(c2ccccc2)C(C)C)CC1. The van der Waals surface area contributed by atoms with Crippen molar-refractivity contribution in [2.45, 2.75) is 52.5 Å². The third-order valence-corrected chi connectivity index (χ3v) is 5.83. The first-order valence-corrected chi connectivity index (χ1v) is 10.1. The van der Waals surface area contributed by atoms with Gasteiger partial charge in [0.05, 0.1) is 0 Å². The lowest BCUT2D eigenvalue weighted by Gasteiger charge is -2.44. The van der Waals surface area contributed by atoms with Gasteiger partial charge in [-0.3, -0.25) is 9.69 Å². The lowest BCUT2D eigenvalue weighted by Crippen LogP contribution is -2.58. The van der Waals surface area contributed by atoms with Gasteiger partial charge in [-0.1, -0.05) is 51.1 Å². The van der Waals surface area contributed by atoms with Crippen LogP contribution < -0.4 is 5.32 Å². The first-order valence-electron chi connectivity index (χ1n) is 10.1. The fraction of sp³-hybridized carbons (Fsp3) is 0.682. The van der Waals surface area contributed by atoms with Crippen LogP contribution in [-0.2, 0) is 4.79 Å². The van der Waals surface area contributed by atoms with E-state index in [2.05, 4.69) is 74.0 Å². The van der Waals surface area contributed by atoms with Crippen LogP contribution in [0.15, 0.2) is 30.3 Å². The van der Waals surface area contributed by atoms with Crippen molar-refractivity contribution in [1.82, 2.24) is 15.1 Å². The first-order chi connectivity index (χ1) is 12.3. The minimum Gasteiger partial charge on any atom is -0.354 e. The van der Waals surface area contributed by atoms with Gasteiger partial charge in [0.25, 0.3) is 0 Å². The van der Waals surface area contributed by atoms with E-state index in [-0.39, 0.29) is 17.4 Å². The average Bonchev–Trinajstić information content (AvgIpc) is 2.65. The molecule has 1 saturated heterocycles. The first kappa shape index (κ1) is 20.9. The van der Waals surface area contributed by atoms with Gasteiger partial charge in [0.2, 0.25) is 5.91 Å². The smallest absolute Gasteiger partial charge is 0.220 e. The van der Waals surface area contributed by atoms with Crippen molar-refractivity contribution in [1.29, 1.82) is 0 Å². The van der Waals surface area contributed by atoms with Gasteiger partial charge in [0.1, 0.15) is 0 Å². The summed E-state index contributed by atoms with van der Waals surface area (Å²) >= 11 is 0. The fourth-order valence-electron chi connectivity index (χ4n) is 3.81. The Morgan fingerprint density at radius 2 is 1.73 bits per heavy atom. The highest BCUT2D eigenvalue weighted by molar-refractivity contribution is 5.77. The molecule has 4 nitrogen and oxygen atoms in total. The zero-order valence-corrected chi connectivity index (χ0v) is 17.3. The molecule has 0 aromatic heterocycles. The third-order valence-electron chi connectivity index (χ3n) is 5.83. The van der Waals surface area contributed by atoms with Crippen LogP contribution in [0.3, 0.4) is 0 Å². The normalized spacial score (nSPS) is 18.1. The number of piperazine rings is 1. The van der Waals surface area contributed by atoms with Crippen molar-refractivity contribution < 1.29 is 4.79 Å². The maximum absolute atomic E-state index is 12.6. The summed E-state index contributed by atoms with van der Waals surface area (Å²) in [5.41, 5.74) is 1.25. The summed E-state index contributed by atoms with van der Waals surface area (Å²) in [6.45, 7) is 17.3. The lowest BCUT2D eigenvalue weighted by atomic mass is 9.85. The van der Waals surface area contributed by atoms with Crippen molar-refractivity contribution in [3.63, 3.8) is 0 Å². The monoisotopic (exact) mass is 359 g/mol. The number of hydrogen-bond acceptors (Lipinski definition) is 3. The molecule has 2 rings (SSSR count). The summed E-state index contributed by atoms with van der Waals surface area (Å²) in [5, 5.41) is 3.21. The van der Waals surface area contributed by atoms with Crippen LogP contribution in [0, 0.1) is 5.92 Å². The minimum absolute atomic E-state index is 0.00440. The van der Waals surface area contributed by atoms with E-state index in [1.165, 1.54) is 5.56 Å². The van der Waals surface area contributed by atoms with E-state index in [4.69, 9.17) is 0 Å². The van der Waals surface area contributed by atoms with E-state index in [0.29, 0.717) is 18.9 Å². The average molecular weight is 360 g/mol. The van der Waals surface area contributed by atoms with E-state index in [0.717, 1.165) is 32.7 Å². The van der Waals surface area contributed by atoms with Gasteiger partial charge in [-0.15, -0.1) is 0 Å². The van der Waals surface area contributed by atoms with Crippen molar-refractivity contribution in [3.05, 3.63) is 35.9 Å². The molecule has 1 atom stereocenters. The molecule has 1 heterocycles. The molecule has 0 spiro atoms. The molecule has 0 saturated carbocycles. The van der Waals surface area contributed by atoms with Gasteiger partial charge < -0.3 is 10.2 Å². The van der Waals surface area contributed by atoms with Crippen LogP contribution in [0.4, 0.5) is 0 Å². The highest BCUT2D eigenvalue weighted by Gasteiger charge is 2.30. The number of benzene rings is 1. The maximum atomic E-state index is 12.6. The van der Waals surface area contributed by atoms with Crippen LogP contribution >= 0.6 is 0 Å². The molecular formula is C22H37N3O. The van der Waals surface area contributed by atoms with Crippen LogP contribution in [0.25, 0.3) is 0 Å². The molecular weight excluding hydrogens is 322 g/mol. The molecule has 146 valence electrons. The van der Waals surface area contributed by atoms with Crippen molar-refractivity contribution in [2.75, 3.05) is 39.3 Å². The van der Waals surface area contributed by atoms with Crippen molar-refractivity contribution >= 4 is 5.91 Å². The number of carbonyl (C=O) groups excluding carboxylic acids is 1. The summed E-state index contributed by atoms with van der Waals surface area (Å²) in [6, 6.07) is 10.4. The van der Waals surface area contributed by atoms with Crippen molar-refractivity contribution in [2.24, 2.45) is 5.92 Å². The van der Waals surface area contributed by atoms with Crippen LogP contribution in [0.2, 0.25) is 0 Å². The zero-order valence-electron chi connectivity index (χ0n) is 17.3. The Bertz CT molecular complexity index is 548. The molecule has 1 aromatic rings. The predicted molar refractivity (Wildman–Crippen MR) is 109 cm³/mol. The molecule has 1 unspecified atom stereocenters. The van der Waals surface area contributed by atoms with Crippen LogP contribution in [0.5, 0.6) is 0 Å². The third kappa shape index (κ3) is 5.82. The van der Waals surface area contributed by atoms with Gasteiger partial charge in [0.15, 0.2) is 0 Å². The zero-order chi connectivity index (χ0) is 19.2. The Hall–Kier alpha value is -1.39. The number of hydrogen-bond donors (Lipinski definition) is 1. The second kappa shape index (κ2) is 9.52. The summed E-state index contributed by atoms with van der Waals surface area (Å²) in [4.78, 5) is 17.6. The standard InChI is InChI=1S/C22H37N3O/c1-6-24-12-14-25(15-13-24)22(4,5)17-23-21(26)16-20(18(2)3)19-10-8-7-9-11-19/h7-11,18,20H,6,12-17H2,1-5H3,(H,23,26). The lowest BCUT2D eigenvalue weighted by molar-refractivity contribution is -0.122. The molecule has 1 fully saturated rings. The van der Waals surface area contributed by atoms with Gasteiger partial charge in [-0.25, -0.2) is 0 Å². The molecule has 4 heteroatoms.